The highest BCUT2D eigenvalue weighted by molar-refractivity contribution is 7.26. The van der Waals surface area contributed by atoms with Crippen molar-refractivity contribution in [2.45, 2.75) is 0 Å². The normalized spacial score (nSPS) is 15.5. The second-order valence-electron chi connectivity index (χ2n) is 11.4. The molecule has 50 heavy (non-hydrogen) atoms. The van der Waals surface area contributed by atoms with Crippen molar-refractivity contribution in [1.82, 2.24) is 15.0 Å². The number of fused-ring (bicyclic) bond motifs is 6. The molecular weight excluding hydrogens is 647 g/mol. The molecule has 0 amide bonds. The molecule has 0 bridgehead atoms. The van der Waals surface area contributed by atoms with Gasteiger partial charge in [0.2, 0.25) is 0 Å². The van der Waals surface area contributed by atoms with Crippen molar-refractivity contribution < 1.29 is 19.2 Å². The molecule has 0 aliphatic rings. The van der Waals surface area contributed by atoms with E-state index in [1.165, 1.54) is 0 Å². The molecule has 0 aliphatic heterocycles. The summed E-state index contributed by atoms with van der Waals surface area (Å²) in [4.78, 5) is 14.3. The van der Waals surface area contributed by atoms with Crippen LogP contribution in [0.25, 0.3) is 96.8 Å². The van der Waals surface area contributed by atoms with Gasteiger partial charge in [0.25, 0.3) is 0 Å². The van der Waals surface area contributed by atoms with Crippen LogP contribution in [0.2, 0.25) is 0 Å². The van der Waals surface area contributed by atoms with Crippen molar-refractivity contribution >= 4 is 63.0 Å². The monoisotopic (exact) mass is 687 g/mol. The molecule has 10 rings (SSSR count). The number of rotatable bonds is 5. The predicted octanol–water partition coefficient (Wildman–Crippen LogP) is 12.9. The van der Waals surface area contributed by atoms with Gasteiger partial charge in [-0.05, 0) is 52.5 Å². The largest absolute Gasteiger partial charge is 0.208 e. The Balaban J connectivity index is 1.25. The Morgan fingerprint density at radius 2 is 0.980 bits per heavy atom. The summed E-state index contributed by atoms with van der Waals surface area (Å²) in [5, 5.41) is 0.0559. The third-order valence-corrected chi connectivity index (χ3v) is 10.5. The van der Waals surface area contributed by atoms with Crippen LogP contribution in [-0.2, 0) is 0 Å². The maximum absolute atomic E-state index is 9.47. The Morgan fingerprint density at radius 1 is 0.400 bits per heavy atom. The molecule has 3 nitrogen and oxygen atoms in total. The summed E-state index contributed by atoms with van der Waals surface area (Å²) >= 11 is 1.79. The van der Waals surface area contributed by atoms with Crippen LogP contribution in [0.3, 0.4) is 0 Å². The van der Waals surface area contributed by atoms with Crippen LogP contribution in [-0.4, -0.2) is 15.0 Å². The molecule has 3 aromatic heterocycles. The van der Waals surface area contributed by atoms with Crippen LogP contribution >= 0.6 is 22.7 Å². The van der Waals surface area contributed by atoms with E-state index in [0.717, 1.165) is 44.9 Å². The lowest BCUT2D eigenvalue weighted by Crippen LogP contribution is -2.00. The summed E-state index contributed by atoms with van der Waals surface area (Å²) in [7, 11) is 0. The van der Waals surface area contributed by atoms with Gasteiger partial charge in [0, 0.05) is 57.0 Å². The van der Waals surface area contributed by atoms with Gasteiger partial charge >= 0.3 is 0 Å². The number of nitrogens with zero attached hydrogens (tertiary/aromatic N) is 3. The minimum atomic E-state index is -0.553. The first-order chi connectivity index (χ1) is 30.6. The highest BCUT2D eigenvalue weighted by atomic mass is 32.1. The number of thiophene rings is 2. The lowest BCUT2D eigenvalue weighted by molar-refractivity contribution is 1.08. The molecule has 0 saturated heterocycles. The topological polar surface area (TPSA) is 38.7 Å². The van der Waals surface area contributed by atoms with E-state index in [4.69, 9.17) is 28.7 Å². The summed E-state index contributed by atoms with van der Waals surface area (Å²) in [5.41, 5.74) is 4.02. The first-order valence-electron chi connectivity index (χ1n) is 22.5. The van der Waals surface area contributed by atoms with Gasteiger partial charge in [-0.2, -0.15) is 0 Å². The van der Waals surface area contributed by atoms with Gasteiger partial charge in [0.1, 0.15) is 0 Å². The number of aromatic nitrogens is 3. The molecule has 0 saturated carbocycles. The third kappa shape index (κ3) is 4.98. The third-order valence-electron chi connectivity index (χ3n) is 8.35. The number of hydrogen-bond acceptors (Lipinski definition) is 5. The number of benzene rings is 7. The summed E-state index contributed by atoms with van der Waals surface area (Å²) in [6.07, 6.45) is 0. The smallest absolute Gasteiger partial charge is 0.165 e. The van der Waals surface area contributed by atoms with Crippen LogP contribution in [0.4, 0.5) is 0 Å². The summed E-state index contributed by atoms with van der Waals surface area (Å²) < 4.78 is 123. The van der Waals surface area contributed by atoms with Crippen LogP contribution < -0.4 is 0 Å². The molecule has 10 aromatic rings. The minimum Gasteiger partial charge on any atom is -0.208 e. The van der Waals surface area contributed by atoms with E-state index in [2.05, 4.69) is 6.07 Å². The highest BCUT2D eigenvalue weighted by Crippen LogP contribution is 2.40. The van der Waals surface area contributed by atoms with Gasteiger partial charge < -0.3 is 0 Å². The summed E-state index contributed by atoms with van der Waals surface area (Å²) in [5.74, 6) is -0.460. The first kappa shape index (κ1) is 18.1. The van der Waals surface area contributed by atoms with Crippen LogP contribution in [0.1, 0.15) is 19.2 Å². The fourth-order valence-corrected chi connectivity index (χ4v) is 7.97. The Bertz CT molecular complexity index is 3670. The minimum absolute atomic E-state index is 0.0102. The maximum Gasteiger partial charge on any atom is 0.165 e. The van der Waals surface area contributed by atoms with Crippen molar-refractivity contribution in [3.63, 3.8) is 0 Å². The van der Waals surface area contributed by atoms with Crippen molar-refractivity contribution in [2.75, 3.05) is 0 Å². The second-order valence-corrected chi connectivity index (χ2v) is 13.4. The zero-order valence-electron chi connectivity index (χ0n) is 39.7. The molecule has 0 N–H and O–H groups in total. The first-order valence-corrected chi connectivity index (χ1v) is 17.1. The van der Waals surface area contributed by atoms with Crippen molar-refractivity contribution in [2.24, 2.45) is 0 Å². The van der Waals surface area contributed by atoms with E-state index < -0.39 is 66.5 Å². The summed E-state index contributed by atoms with van der Waals surface area (Å²) in [6.45, 7) is 0. The Hall–Kier alpha value is -6.01. The quantitative estimate of drug-likeness (QED) is 0.181. The van der Waals surface area contributed by atoms with Gasteiger partial charge in [-0.25, -0.2) is 15.0 Å². The van der Waals surface area contributed by atoms with Gasteiger partial charge in [-0.3, -0.25) is 0 Å². The molecule has 0 atom stereocenters. The van der Waals surface area contributed by atoms with Gasteiger partial charge in [-0.15, -0.1) is 22.7 Å². The zero-order chi connectivity index (χ0) is 45.2. The predicted molar refractivity (Wildman–Crippen MR) is 213 cm³/mol. The van der Waals surface area contributed by atoms with E-state index in [1.54, 1.807) is 12.1 Å². The molecule has 3 heterocycles. The molecule has 0 radical (unpaired) electrons. The Labute approximate surface area is 316 Å². The fourth-order valence-electron chi connectivity index (χ4n) is 5.94. The molecule has 5 heteroatoms. The van der Waals surface area contributed by atoms with E-state index in [0.29, 0.717) is 5.56 Å². The van der Waals surface area contributed by atoms with Crippen LogP contribution in [0, 0.1) is 0 Å². The Morgan fingerprint density at radius 3 is 1.76 bits per heavy atom. The molecule has 0 unspecified atom stereocenters. The van der Waals surface area contributed by atoms with Crippen molar-refractivity contribution in [1.29, 1.82) is 0 Å². The average molecular weight is 688 g/mol. The molecule has 7 aromatic carbocycles. The Kier molecular flexibility index (Phi) is 4.29. The standard InChI is InChI=1S/C45H27N3S2/c1-2-10-28(11-3-1)31-12-8-13-32(26-31)29-20-22-30(23-21-29)43-46-44(33-24-25-36-34-14-4-6-18-39(34)49-41(36)27-33)48-45(47-43)38-17-9-16-37-35-15-5-7-19-40(35)50-42(37)38/h1-27H/i4D,5D,6D,7D,9D,14D,15D,16D,17D,18D,19D,24D,25D,27D. The van der Waals surface area contributed by atoms with Crippen LogP contribution in [0.15, 0.2) is 163 Å². The molecular formula is C45H27N3S2. The van der Waals surface area contributed by atoms with Crippen LogP contribution in [0.5, 0.6) is 0 Å². The van der Waals surface area contributed by atoms with Gasteiger partial charge in [-0.1, -0.05) is 133 Å². The number of hydrogen-bond donors (Lipinski definition) is 0. The molecule has 234 valence electrons. The average Bonchev–Trinajstić information content (AvgIpc) is 3.92. The van der Waals surface area contributed by atoms with Crippen molar-refractivity contribution in [3.05, 3.63) is 163 Å². The molecule has 0 fully saturated rings. The fraction of sp³-hybridized carbons (Fsp3) is 0. The van der Waals surface area contributed by atoms with E-state index in [9.17, 15) is 5.48 Å². The van der Waals surface area contributed by atoms with E-state index >= 15 is 0 Å². The van der Waals surface area contributed by atoms with E-state index in [1.807, 2.05) is 60.7 Å². The highest BCUT2D eigenvalue weighted by Gasteiger charge is 2.17. The lowest BCUT2D eigenvalue weighted by Gasteiger charge is -2.10. The second kappa shape index (κ2) is 11.8. The maximum atomic E-state index is 9.47. The van der Waals surface area contributed by atoms with Gasteiger partial charge in [0.05, 0.1) is 19.2 Å². The van der Waals surface area contributed by atoms with Gasteiger partial charge in [0.15, 0.2) is 17.5 Å². The lowest BCUT2D eigenvalue weighted by atomic mass is 9.98. The SMILES string of the molecule is [2H]c1c([2H])c([2H])c2c(sc3c([2H])c(-c4nc(-c5ccc(-c6cccc(-c7ccccc7)c6)cc5)nc(-c5c([2H])c([2H])c([2H])c6c5sc5c([2H])c([2H])c([2H])c([2H])c56)n4)c([2H])c([2H])c32)c1[2H]. The zero-order valence-corrected chi connectivity index (χ0v) is 27.3. The van der Waals surface area contributed by atoms with E-state index in [-0.39, 0.29) is 87.1 Å². The van der Waals surface area contributed by atoms with Crippen molar-refractivity contribution in [3.8, 4) is 56.4 Å². The molecule has 0 aliphatic carbocycles. The summed E-state index contributed by atoms with van der Waals surface area (Å²) in [6, 6.07) is 19.0. The molecule has 0 spiro atoms.